The van der Waals surface area contributed by atoms with Crippen molar-refractivity contribution in [1.29, 1.82) is 0 Å². The summed E-state index contributed by atoms with van der Waals surface area (Å²) in [6.45, 7) is 2.50. The summed E-state index contributed by atoms with van der Waals surface area (Å²) in [6.07, 6.45) is -0.278. The molecule has 2 aliphatic rings. The molecule has 9 nitrogen and oxygen atoms in total. The first-order valence-corrected chi connectivity index (χ1v) is 16.3. The van der Waals surface area contributed by atoms with Crippen LogP contribution in [0, 0.1) is 0 Å². The van der Waals surface area contributed by atoms with Crippen LogP contribution in [0.15, 0.2) is 102 Å². The molecule has 7 rings (SSSR count). The second-order valence-corrected chi connectivity index (χ2v) is 12.4. The molecule has 1 amide bonds. The van der Waals surface area contributed by atoms with Gasteiger partial charge < -0.3 is 15.0 Å². The molecule has 0 bridgehead atoms. The first-order valence-electron chi connectivity index (χ1n) is 16.3. The van der Waals surface area contributed by atoms with E-state index in [1.54, 1.807) is 60.9 Å². The molecule has 0 radical (unpaired) electrons. The summed E-state index contributed by atoms with van der Waals surface area (Å²) >= 11 is 0. The molecule has 1 saturated heterocycles. The van der Waals surface area contributed by atoms with Gasteiger partial charge in [0.15, 0.2) is 0 Å². The summed E-state index contributed by atoms with van der Waals surface area (Å²) in [4.78, 5) is 36.1. The van der Waals surface area contributed by atoms with Gasteiger partial charge in [-0.3, -0.25) is 19.5 Å². The molecule has 0 atom stereocenters. The van der Waals surface area contributed by atoms with Crippen molar-refractivity contribution >= 4 is 22.4 Å². The van der Waals surface area contributed by atoms with E-state index in [0.717, 1.165) is 42.9 Å². The zero-order valence-corrected chi connectivity index (χ0v) is 26.7. The zero-order chi connectivity index (χ0) is 34.0. The lowest BCUT2D eigenvalue weighted by molar-refractivity contribution is -0.141. The van der Waals surface area contributed by atoms with Gasteiger partial charge in [0.05, 0.1) is 23.8 Å². The summed E-state index contributed by atoms with van der Waals surface area (Å²) in [6, 6.07) is 25.6. The Morgan fingerprint density at radius 3 is 2.27 bits per heavy atom. The minimum absolute atomic E-state index is 0.173. The number of ether oxygens (including phenoxy) is 1. The fourth-order valence-electron chi connectivity index (χ4n) is 6.96. The third-order valence-electron chi connectivity index (χ3n) is 9.39. The van der Waals surface area contributed by atoms with Crippen molar-refractivity contribution in [2.75, 3.05) is 44.2 Å². The minimum atomic E-state index is -4.54. The highest BCUT2D eigenvalue weighted by atomic mass is 19.4. The average Bonchev–Trinajstić information content (AvgIpc) is 3.12. The maximum absolute atomic E-state index is 13.9. The van der Waals surface area contributed by atoms with E-state index in [1.165, 1.54) is 4.68 Å². The Morgan fingerprint density at radius 1 is 0.898 bits per heavy atom. The highest BCUT2D eigenvalue weighted by molar-refractivity contribution is 5.94. The summed E-state index contributed by atoms with van der Waals surface area (Å²) in [5, 5.41) is 7.90. The lowest BCUT2D eigenvalue weighted by atomic mass is 9.68. The van der Waals surface area contributed by atoms with Gasteiger partial charge in [-0.05, 0) is 55.8 Å². The van der Waals surface area contributed by atoms with Gasteiger partial charge in [-0.25, -0.2) is 4.68 Å². The molecule has 12 heteroatoms. The summed E-state index contributed by atoms with van der Waals surface area (Å²) in [5.41, 5.74) is 1.31. The lowest BCUT2D eigenvalue weighted by Crippen LogP contribution is -2.50. The first kappa shape index (κ1) is 32.3. The van der Waals surface area contributed by atoms with E-state index in [9.17, 15) is 22.8 Å². The number of pyridine rings is 1. The van der Waals surface area contributed by atoms with Gasteiger partial charge in [-0.15, -0.1) is 0 Å². The van der Waals surface area contributed by atoms with E-state index in [0.29, 0.717) is 47.4 Å². The molecule has 1 N–H and O–H groups in total. The fourth-order valence-corrected chi connectivity index (χ4v) is 6.96. The minimum Gasteiger partial charge on any atom is -0.457 e. The highest BCUT2D eigenvalue weighted by Gasteiger charge is 2.48. The van der Waals surface area contributed by atoms with Gasteiger partial charge in [0.2, 0.25) is 5.91 Å². The topological polar surface area (TPSA) is 92.6 Å². The molecular formula is C37H35F3N6O3. The molecule has 0 saturated carbocycles. The van der Waals surface area contributed by atoms with Crippen LogP contribution in [0.5, 0.6) is 11.5 Å². The van der Waals surface area contributed by atoms with Crippen molar-refractivity contribution in [2.24, 2.45) is 0 Å². The summed E-state index contributed by atoms with van der Waals surface area (Å²) < 4.78 is 47.3. The van der Waals surface area contributed by atoms with Crippen molar-refractivity contribution in [3.63, 3.8) is 0 Å². The molecule has 2 aliphatic heterocycles. The number of nitrogens with zero attached hydrogens (tertiary/aromatic N) is 5. The van der Waals surface area contributed by atoms with Gasteiger partial charge in [0.1, 0.15) is 23.5 Å². The number of para-hydroxylation sites is 2. The van der Waals surface area contributed by atoms with E-state index in [-0.39, 0.29) is 12.1 Å². The molecule has 252 valence electrons. The molecule has 5 aromatic rings. The van der Waals surface area contributed by atoms with Crippen LogP contribution >= 0.6 is 0 Å². The number of nitrogens with one attached hydrogen (secondary N) is 1. The van der Waals surface area contributed by atoms with Gasteiger partial charge in [-0.2, -0.15) is 18.3 Å². The van der Waals surface area contributed by atoms with E-state index in [2.05, 4.69) is 25.2 Å². The van der Waals surface area contributed by atoms with E-state index in [4.69, 9.17) is 4.74 Å². The first-order chi connectivity index (χ1) is 23.7. The third kappa shape index (κ3) is 6.60. The van der Waals surface area contributed by atoms with Crippen LogP contribution in [0.1, 0.15) is 29.7 Å². The van der Waals surface area contributed by atoms with E-state index in [1.807, 2.05) is 36.4 Å². The van der Waals surface area contributed by atoms with Crippen LogP contribution in [0.3, 0.4) is 0 Å². The summed E-state index contributed by atoms with van der Waals surface area (Å²) in [5.74, 6) is 0.238. The van der Waals surface area contributed by atoms with Crippen LogP contribution in [-0.4, -0.2) is 71.0 Å². The number of anilines is 1. The van der Waals surface area contributed by atoms with Crippen LogP contribution in [-0.2, 0) is 16.8 Å². The molecule has 1 fully saturated rings. The van der Waals surface area contributed by atoms with Gasteiger partial charge in [-0.1, -0.05) is 48.5 Å². The maximum atomic E-state index is 13.9. The van der Waals surface area contributed by atoms with Gasteiger partial charge >= 0.3 is 6.18 Å². The molecule has 2 aromatic heterocycles. The predicted octanol–water partition coefficient (Wildman–Crippen LogP) is 5.51. The maximum Gasteiger partial charge on any atom is 0.405 e. The second-order valence-electron chi connectivity index (χ2n) is 12.4. The second kappa shape index (κ2) is 13.3. The van der Waals surface area contributed by atoms with E-state index >= 15 is 0 Å². The quantitative estimate of drug-likeness (QED) is 0.222. The molecule has 0 spiro atoms. The number of carbonyl (C=O) groups is 1. The standard InChI is InChI=1S/C37H35F3N6O3/c38-37(39,40)25-42-35(48)36(30-9-1-3-11-32(30)49-33-12-4-2-10-31(33)36)15-7-17-44-18-20-45(21-19-44)28-14-13-26-23-43-46(34(47)29(26)22-28)24-27-8-5-6-16-41-27/h1-6,8-14,16,22-23H,7,15,17-21,24-25H2,(H,42,48). The fraction of sp³-hybridized carbons (Fsp3) is 0.297. The van der Waals surface area contributed by atoms with Crippen molar-refractivity contribution in [2.45, 2.75) is 31.0 Å². The van der Waals surface area contributed by atoms with Crippen LogP contribution in [0.4, 0.5) is 18.9 Å². The number of rotatable bonds is 9. The van der Waals surface area contributed by atoms with Crippen molar-refractivity contribution in [3.8, 4) is 11.5 Å². The average molecular weight is 669 g/mol. The largest absolute Gasteiger partial charge is 0.457 e. The lowest BCUT2D eigenvalue weighted by Gasteiger charge is -2.40. The zero-order valence-electron chi connectivity index (χ0n) is 26.7. The SMILES string of the molecule is O=C(NCC(F)(F)F)C1(CCCN2CCN(c3ccc4cnn(Cc5ccccn5)c(=O)c4c3)CC2)c2ccccc2Oc2ccccc21. The molecule has 0 unspecified atom stereocenters. The molecule has 4 heterocycles. The Labute approximate surface area is 280 Å². The Balaban J connectivity index is 1.05. The Bertz CT molecular complexity index is 1980. The highest BCUT2D eigenvalue weighted by Crippen LogP contribution is 2.50. The van der Waals surface area contributed by atoms with Crippen molar-refractivity contribution in [3.05, 3.63) is 124 Å². The number of aromatic nitrogens is 3. The number of alkyl halides is 3. The normalized spacial score (nSPS) is 15.7. The molecule has 3 aromatic carbocycles. The number of amides is 1. The third-order valence-corrected chi connectivity index (χ3v) is 9.39. The Morgan fingerprint density at radius 2 is 1.59 bits per heavy atom. The predicted molar refractivity (Wildman–Crippen MR) is 180 cm³/mol. The number of hydrogen-bond acceptors (Lipinski definition) is 7. The number of piperazine rings is 1. The number of fused-ring (bicyclic) bond motifs is 3. The molecule has 49 heavy (non-hydrogen) atoms. The molecular weight excluding hydrogens is 633 g/mol. The van der Waals surface area contributed by atoms with Gasteiger partial charge in [0.25, 0.3) is 5.56 Å². The number of halogens is 3. The van der Waals surface area contributed by atoms with E-state index < -0.39 is 24.0 Å². The number of hydrogen-bond donors (Lipinski definition) is 1. The Hall–Kier alpha value is -5.23. The monoisotopic (exact) mass is 668 g/mol. The van der Waals surface area contributed by atoms with Gasteiger partial charge in [0, 0.05) is 54.6 Å². The van der Waals surface area contributed by atoms with Crippen LogP contribution in [0.2, 0.25) is 0 Å². The smallest absolute Gasteiger partial charge is 0.405 e. The van der Waals surface area contributed by atoms with Crippen LogP contribution < -0.4 is 20.5 Å². The van der Waals surface area contributed by atoms with Crippen LogP contribution in [0.25, 0.3) is 10.8 Å². The summed E-state index contributed by atoms with van der Waals surface area (Å²) in [7, 11) is 0. The van der Waals surface area contributed by atoms with Crippen molar-refractivity contribution < 1.29 is 22.7 Å². The Kier molecular flexibility index (Phi) is 8.81. The molecule has 0 aliphatic carbocycles. The number of carbonyl (C=O) groups excluding carboxylic acids is 1. The number of benzene rings is 3. The van der Waals surface area contributed by atoms with Crippen molar-refractivity contribution in [1.82, 2.24) is 25.0 Å².